The summed E-state index contributed by atoms with van der Waals surface area (Å²) in [6.45, 7) is 0.00142. The molecule has 0 saturated carbocycles. The number of hydrogen-bond donors (Lipinski definition) is 0. The highest BCUT2D eigenvalue weighted by molar-refractivity contribution is 6.34. The number of imide groups is 1. The second-order valence-corrected chi connectivity index (χ2v) is 6.46. The van der Waals surface area contributed by atoms with Crippen molar-refractivity contribution in [2.75, 3.05) is 4.90 Å². The van der Waals surface area contributed by atoms with Gasteiger partial charge in [0.1, 0.15) is 24.2 Å². The molecule has 1 aliphatic carbocycles. The van der Waals surface area contributed by atoms with Crippen LogP contribution in [0.2, 0.25) is 5.02 Å². The maximum atomic E-state index is 14.5. The fraction of sp³-hybridized carbons (Fsp3) is 0.294. The summed E-state index contributed by atoms with van der Waals surface area (Å²) < 4.78 is 21.4. The van der Waals surface area contributed by atoms with Crippen molar-refractivity contribution in [1.82, 2.24) is 14.8 Å². The molecule has 0 bridgehead atoms. The number of benzene rings is 1. The lowest BCUT2D eigenvalue weighted by molar-refractivity contribution is -0.120. The van der Waals surface area contributed by atoms with Crippen LogP contribution in [0.4, 0.5) is 10.1 Å². The number of aromatic nitrogens is 3. The summed E-state index contributed by atoms with van der Waals surface area (Å²) in [5.41, 5.74) is 0.814. The number of anilines is 1. The second-order valence-electron chi connectivity index (χ2n) is 6.05. The van der Waals surface area contributed by atoms with Crippen molar-refractivity contribution in [2.24, 2.45) is 0 Å². The number of rotatable bonds is 4. The Morgan fingerprint density at radius 3 is 2.46 bits per heavy atom. The third kappa shape index (κ3) is 2.76. The summed E-state index contributed by atoms with van der Waals surface area (Å²) in [6, 6.07) is 2.30. The first-order valence-corrected chi connectivity index (χ1v) is 8.49. The van der Waals surface area contributed by atoms with Gasteiger partial charge in [-0.1, -0.05) is 11.6 Å². The number of halogens is 2. The molecule has 0 spiro atoms. The molecule has 0 atom stereocenters. The van der Waals surface area contributed by atoms with Crippen LogP contribution in [0.3, 0.4) is 0 Å². The van der Waals surface area contributed by atoms with E-state index in [-0.39, 0.29) is 23.2 Å². The molecule has 1 aromatic heterocycles. The van der Waals surface area contributed by atoms with Gasteiger partial charge in [0.25, 0.3) is 11.8 Å². The summed E-state index contributed by atoms with van der Waals surface area (Å²) >= 11 is 6.03. The zero-order chi connectivity index (χ0) is 18.3. The van der Waals surface area contributed by atoms with Gasteiger partial charge in [0.05, 0.1) is 10.7 Å². The molecule has 1 aliphatic heterocycles. The van der Waals surface area contributed by atoms with Crippen molar-refractivity contribution in [3.63, 3.8) is 0 Å². The number of ether oxygens (including phenoxy) is 1. The summed E-state index contributed by atoms with van der Waals surface area (Å²) in [4.78, 5) is 29.9. The molecule has 0 N–H and O–H groups in total. The van der Waals surface area contributed by atoms with E-state index in [1.165, 1.54) is 23.4 Å². The smallest absolute Gasteiger partial charge is 0.261 e. The summed E-state index contributed by atoms with van der Waals surface area (Å²) in [6.07, 6.45) is 5.58. The fourth-order valence-corrected chi connectivity index (χ4v) is 3.40. The van der Waals surface area contributed by atoms with Crippen LogP contribution in [0.1, 0.15) is 25.7 Å². The molecule has 2 aromatic rings. The van der Waals surface area contributed by atoms with E-state index in [0.717, 1.165) is 23.8 Å². The van der Waals surface area contributed by atoms with Crippen molar-refractivity contribution >= 4 is 29.1 Å². The van der Waals surface area contributed by atoms with Crippen molar-refractivity contribution in [2.45, 2.75) is 32.4 Å². The largest absolute Gasteiger partial charge is 0.470 e. The Labute approximate surface area is 153 Å². The summed E-state index contributed by atoms with van der Waals surface area (Å²) in [5.74, 6) is -1.55. The lowest BCUT2D eigenvalue weighted by Crippen LogP contribution is -2.32. The van der Waals surface area contributed by atoms with Crippen molar-refractivity contribution in [3.8, 4) is 5.75 Å². The first kappa shape index (κ1) is 16.7. The molecule has 4 rings (SSSR count). The van der Waals surface area contributed by atoms with E-state index in [2.05, 4.69) is 10.1 Å². The summed E-state index contributed by atoms with van der Waals surface area (Å²) in [7, 11) is 0. The third-order valence-corrected chi connectivity index (χ3v) is 4.75. The van der Waals surface area contributed by atoms with Gasteiger partial charge in [0, 0.05) is 17.2 Å². The summed E-state index contributed by atoms with van der Waals surface area (Å²) in [5, 5.41) is 3.92. The van der Waals surface area contributed by atoms with Crippen LogP contribution in [-0.4, -0.2) is 26.6 Å². The van der Waals surface area contributed by atoms with Crippen LogP contribution in [0.5, 0.6) is 5.75 Å². The molecular formula is C17H14ClFN4O3. The molecule has 0 radical (unpaired) electrons. The molecule has 2 aliphatic rings. The van der Waals surface area contributed by atoms with E-state index < -0.39 is 17.6 Å². The molecule has 1 aromatic carbocycles. The van der Waals surface area contributed by atoms with Crippen LogP contribution in [0.15, 0.2) is 35.9 Å². The minimum Gasteiger partial charge on any atom is -0.470 e. The monoisotopic (exact) mass is 376 g/mol. The first-order chi connectivity index (χ1) is 12.6. The van der Waals surface area contributed by atoms with Crippen LogP contribution in [0.25, 0.3) is 0 Å². The number of carbonyl (C=O) groups is 2. The van der Waals surface area contributed by atoms with E-state index >= 15 is 0 Å². The first-order valence-electron chi connectivity index (χ1n) is 8.11. The van der Waals surface area contributed by atoms with Crippen LogP contribution >= 0.6 is 11.6 Å². The zero-order valence-electron chi connectivity index (χ0n) is 13.6. The predicted molar refractivity (Wildman–Crippen MR) is 90.0 cm³/mol. The highest BCUT2D eigenvalue weighted by atomic mass is 35.5. The highest BCUT2D eigenvalue weighted by Crippen LogP contribution is 2.39. The van der Waals surface area contributed by atoms with Gasteiger partial charge in [-0.2, -0.15) is 5.10 Å². The molecule has 2 amide bonds. The van der Waals surface area contributed by atoms with E-state index in [0.29, 0.717) is 24.0 Å². The Bertz CT molecular complexity index is 898. The highest BCUT2D eigenvalue weighted by Gasteiger charge is 2.41. The Morgan fingerprint density at radius 1 is 1.15 bits per heavy atom. The minimum absolute atomic E-state index is 0.00142. The van der Waals surface area contributed by atoms with Crippen molar-refractivity contribution in [3.05, 3.63) is 46.8 Å². The Morgan fingerprint density at radius 2 is 1.85 bits per heavy atom. The average Bonchev–Trinajstić information content (AvgIpc) is 3.23. The molecule has 0 saturated heterocycles. The molecular weight excluding hydrogens is 363 g/mol. The molecule has 2 heterocycles. The maximum Gasteiger partial charge on any atom is 0.261 e. The Balaban J connectivity index is 1.65. The second kappa shape index (κ2) is 6.53. The predicted octanol–water partition coefficient (Wildman–Crippen LogP) is 2.85. The topological polar surface area (TPSA) is 77.3 Å². The lowest BCUT2D eigenvalue weighted by atomic mass is 9.93. The van der Waals surface area contributed by atoms with Crippen molar-refractivity contribution < 1.29 is 18.7 Å². The standard InChI is InChI=1S/C17H14ClFN4O3/c18-12-5-13(19)14(6-15(12)26-9-22-8-20-7-21-22)23-16(24)10-3-1-2-4-11(10)17(23)25/h5-8H,1-4,9H2. The number of carbonyl (C=O) groups excluding carboxylic acids is 2. The normalized spacial score (nSPS) is 17.1. The van der Waals surface area contributed by atoms with Crippen LogP contribution in [-0.2, 0) is 16.3 Å². The minimum atomic E-state index is -0.760. The van der Waals surface area contributed by atoms with Crippen LogP contribution < -0.4 is 9.64 Å². The Kier molecular flexibility index (Phi) is 4.20. The SMILES string of the molecule is O=C1C2=C(CCCC2)C(=O)N1c1cc(OCn2cncn2)c(Cl)cc1F. The van der Waals surface area contributed by atoms with Gasteiger partial charge in [-0.15, -0.1) is 0 Å². The fourth-order valence-electron chi connectivity index (χ4n) is 3.19. The zero-order valence-corrected chi connectivity index (χ0v) is 14.4. The van der Waals surface area contributed by atoms with E-state index in [1.54, 1.807) is 0 Å². The van der Waals surface area contributed by atoms with E-state index in [4.69, 9.17) is 16.3 Å². The molecule has 134 valence electrons. The third-order valence-electron chi connectivity index (χ3n) is 4.45. The molecule has 9 heteroatoms. The quantitative estimate of drug-likeness (QED) is 0.767. The maximum absolute atomic E-state index is 14.5. The number of nitrogens with zero attached hydrogens (tertiary/aromatic N) is 4. The van der Waals surface area contributed by atoms with Gasteiger partial charge in [0.2, 0.25) is 0 Å². The average molecular weight is 377 g/mol. The van der Waals surface area contributed by atoms with E-state index in [1.807, 2.05) is 0 Å². The van der Waals surface area contributed by atoms with Gasteiger partial charge >= 0.3 is 0 Å². The molecule has 7 nitrogen and oxygen atoms in total. The van der Waals surface area contributed by atoms with Gasteiger partial charge in [-0.3, -0.25) is 9.59 Å². The lowest BCUT2D eigenvalue weighted by Gasteiger charge is -2.18. The molecule has 0 fully saturated rings. The van der Waals surface area contributed by atoms with Gasteiger partial charge in [-0.05, 0) is 31.7 Å². The van der Waals surface area contributed by atoms with Crippen LogP contribution in [0, 0.1) is 5.82 Å². The van der Waals surface area contributed by atoms with Gasteiger partial charge in [0.15, 0.2) is 6.73 Å². The van der Waals surface area contributed by atoms with Gasteiger partial charge in [-0.25, -0.2) is 19.0 Å². The van der Waals surface area contributed by atoms with E-state index in [9.17, 15) is 14.0 Å². The number of amides is 2. The molecule has 0 unspecified atom stereocenters. The number of hydrogen-bond acceptors (Lipinski definition) is 5. The molecule has 26 heavy (non-hydrogen) atoms. The Hall–Kier alpha value is -2.74. The van der Waals surface area contributed by atoms with Crippen molar-refractivity contribution in [1.29, 1.82) is 0 Å². The van der Waals surface area contributed by atoms with Gasteiger partial charge < -0.3 is 4.74 Å².